The number of carbonyl (C=O) groups is 4. The number of rotatable bonds is 4. The zero-order chi connectivity index (χ0) is 33.0. The number of aromatic carboxylic acids is 1. The van der Waals surface area contributed by atoms with Crippen molar-refractivity contribution < 1.29 is 34.1 Å². The van der Waals surface area contributed by atoms with Gasteiger partial charge in [0, 0.05) is 11.3 Å². The lowest BCUT2D eigenvalue weighted by Crippen LogP contribution is -2.66. The van der Waals surface area contributed by atoms with Crippen LogP contribution in [0, 0.1) is 50.2 Å². The molecule has 1 aromatic carbocycles. The second-order valence-corrected chi connectivity index (χ2v) is 17.2. The second-order valence-electron chi connectivity index (χ2n) is 17.2. The Labute approximate surface area is 267 Å². The highest BCUT2D eigenvalue weighted by atomic mass is 16.5. The molecule has 0 saturated heterocycles. The summed E-state index contributed by atoms with van der Waals surface area (Å²) in [5.41, 5.74) is -0.770. The first-order valence-corrected chi connectivity index (χ1v) is 16.9. The van der Waals surface area contributed by atoms with Crippen molar-refractivity contribution in [2.45, 2.75) is 112 Å². The normalized spacial score (nSPS) is 43.4. The van der Waals surface area contributed by atoms with Crippen LogP contribution >= 0.6 is 0 Å². The van der Waals surface area contributed by atoms with Crippen molar-refractivity contribution in [2.24, 2.45) is 50.2 Å². The van der Waals surface area contributed by atoms with Crippen molar-refractivity contribution in [3.63, 3.8) is 0 Å². The maximum atomic E-state index is 14.6. The van der Waals surface area contributed by atoms with E-state index < -0.39 is 34.8 Å². The van der Waals surface area contributed by atoms with Gasteiger partial charge < -0.3 is 14.9 Å². The molecule has 0 heterocycles. The minimum atomic E-state index is -1.16. The average molecular weight is 619 g/mol. The van der Waals surface area contributed by atoms with E-state index in [9.17, 15) is 29.4 Å². The number of hydrogen-bond donors (Lipinski definition) is 2. The van der Waals surface area contributed by atoms with Gasteiger partial charge in [-0.1, -0.05) is 59.2 Å². The lowest BCUT2D eigenvalue weighted by Gasteiger charge is -2.70. The summed E-state index contributed by atoms with van der Waals surface area (Å²) in [5.74, 6) is -2.29. The van der Waals surface area contributed by atoms with Gasteiger partial charge in [-0.25, -0.2) is 9.59 Å². The molecule has 0 aromatic heterocycles. The molecule has 9 atom stereocenters. The molecule has 0 bridgehead atoms. The molecule has 4 fully saturated rings. The summed E-state index contributed by atoms with van der Waals surface area (Å²) < 4.78 is 6.13. The number of benzene rings is 1. The lowest BCUT2D eigenvalue weighted by atomic mass is 9.33. The van der Waals surface area contributed by atoms with Crippen molar-refractivity contribution >= 4 is 23.7 Å². The largest absolute Gasteiger partial charge is 0.481 e. The summed E-state index contributed by atoms with van der Waals surface area (Å²) in [6.07, 6.45) is 8.86. The molecule has 0 amide bonds. The van der Waals surface area contributed by atoms with E-state index in [0.717, 1.165) is 38.5 Å². The van der Waals surface area contributed by atoms with Crippen LogP contribution in [0.2, 0.25) is 0 Å². The van der Waals surface area contributed by atoms with Crippen LogP contribution in [-0.2, 0) is 14.3 Å². The Balaban J connectivity index is 1.33. The minimum absolute atomic E-state index is 0.00800. The van der Waals surface area contributed by atoms with E-state index in [4.69, 9.17) is 4.74 Å². The third kappa shape index (κ3) is 4.34. The SMILES string of the molecule is CC1(C)[C@@H](OC(=O)c2ccccc2C(=O)O)CC[C@@]2(C)[C@H]1CCC1(C)[C@@H]2C(=O)C=C2[C@H]3C[C@@](C)(C(=O)O)CC[C@]3(C)CC[C@]21C. The van der Waals surface area contributed by atoms with Crippen molar-refractivity contribution in [1.82, 2.24) is 0 Å². The first-order chi connectivity index (χ1) is 20.8. The van der Waals surface area contributed by atoms with E-state index in [1.807, 2.05) is 13.0 Å². The van der Waals surface area contributed by atoms with E-state index in [1.54, 1.807) is 12.1 Å². The third-order valence-corrected chi connectivity index (χ3v) is 14.7. The summed E-state index contributed by atoms with van der Waals surface area (Å²) in [6.45, 7) is 15.5. The van der Waals surface area contributed by atoms with Crippen molar-refractivity contribution in [3.05, 3.63) is 47.0 Å². The zero-order valence-corrected chi connectivity index (χ0v) is 28.0. The van der Waals surface area contributed by atoms with Gasteiger partial charge in [0.05, 0.1) is 16.5 Å². The molecule has 244 valence electrons. The van der Waals surface area contributed by atoms with Gasteiger partial charge >= 0.3 is 17.9 Å². The summed E-state index contributed by atoms with van der Waals surface area (Å²) in [5, 5.41) is 19.8. The molecule has 4 saturated carbocycles. The van der Waals surface area contributed by atoms with Crippen molar-refractivity contribution in [3.8, 4) is 0 Å². The van der Waals surface area contributed by atoms with E-state index in [1.165, 1.54) is 17.7 Å². The standard InChI is InChI=1S/C38H50O7/c1-33(2)27-12-15-38(7)29(36(27,5)14-13-28(33)45-31(42)23-11-9-8-10-22(23)30(40)41)26(39)20-24-25-21-35(4,32(43)44)17-16-34(25,3)18-19-37(24,38)6/h8-11,20,25,27-29H,12-19,21H2,1-7H3,(H,40,41)(H,43,44)/t25-,27+,28+,29-,34-,35+,36+,37-,38?/m1/s1. The molecule has 7 heteroatoms. The number of esters is 1. The Morgan fingerprint density at radius 3 is 2.11 bits per heavy atom. The van der Waals surface area contributed by atoms with Gasteiger partial charge in [0.2, 0.25) is 0 Å². The van der Waals surface area contributed by atoms with E-state index in [0.29, 0.717) is 19.3 Å². The average Bonchev–Trinajstić information content (AvgIpc) is 2.96. The number of aliphatic carboxylic acids is 1. The fraction of sp³-hybridized carbons (Fsp3) is 0.684. The monoisotopic (exact) mass is 618 g/mol. The Hall–Kier alpha value is -2.96. The van der Waals surface area contributed by atoms with Crippen LogP contribution in [0.4, 0.5) is 0 Å². The van der Waals surface area contributed by atoms with Gasteiger partial charge in [0.25, 0.3) is 0 Å². The molecule has 0 radical (unpaired) electrons. The summed E-state index contributed by atoms with van der Waals surface area (Å²) >= 11 is 0. The van der Waals surface area contributed by atoms with Crippen LogP contribution in [0.5, 0.6) is 0 Å². The van der Waals surface area contributed by atoms with Gasteiger partial charge in [0.15, 0.2) is 5.78 Å². The summed E-state index contributed by atoms with van der Waals surface area (Å²) in [7, 11) is 0. The van der Waals surface area contributed by atoms with Crippen LogP contribution in [0.1, 0.15) is 127 Å². The molecular weight excluding hydrogens is 568 g/mol. The molecule has 5 aliphatic carbocycles. The first-order valence-electron chi connectivity index (χ1n) is 16.9. The van der Waals surface area contributed by atoms with E-state index >= 15 is 0 Å². The molecule has 0 aliphatic heterocycles. The number of carbonyl (C=O) groups excluding carboxylic acids is 2. The molecule has 1 aromatic rings. The Kier molecular flexibility index (Phi) is 7.12. The van der Waals surface area contributed by atoms with Crippen molar-refractivity contribution in [2.75, 3.05) is 0 Å². The molecular formula is C38H50O7. The number of hydrogen-bond acceptors (Lipinski definition) is 5. The van der Waals surface area contributed by atoms with Crippen LogP contribution < -0.4 is 0 Å². The van der Waals surface area contributed by atoms with Gasteiger partial charge in [0.1, 0.15) is 6.10 Å². The highest BCUT2D eigenvalue weighted by Crippen LogP contribution is 2.75. The third-order valence-electron chi connectivity index (χ3n) is 14.7. The Morgan fingerprint density at radius 2 is 1.47 bits per heavy atom. The Bertz CT molecular complexity index is 1510. The molecule has 2 N–H and O–H groups in total. The smallest absolute Gasteiger partial charge is 0.339 e. The number of allylic oxidation sites excluding steroid dienone is 2. The van der Waals surface area contributed by atoms with Gasteiger partial charge in [-0.05, 0) is 116 Å². The molecule has 0 spiro atoms. The summed E-state index contributed by atoms with van der Waals surface area (Å²) in [6, 6.07) is 6.17. The van der Waals surface area contributed by atoms with Gasteiger partial charge in [-0.3, -0.25) is 9.59 Å². The van der Waals surface area contributed by atoms with Crippen LogP contribution in [0.15, 0.2) is 35.9 Å². The maximum Gasteiger partial charge on any atom is 0.339 e. The highest BCUT2D eigenvalue weighted by Gasteiger charge is 2.70. The van der Waals surface area contributed by atoms with Gasteiger partial charge in [-0.2, -0.15) is 0 Å². The van der Waals surface area contributed by atoms with E-state index in [-0.39, 0.29) is 56.3 Å². The zero-order valence-electron chi connectivity index (χ0n) is 28.0. The molecule has 6 rings (SSSR count). The number of carboxylic acid groups (broad SMARTS) is 2. The Morgan fingerprint density at radius 1 is 0.822 bits per heavy atom. The van der Waals surface area contributed by atoms with Crippen LogP contribution in [0.25, 0.3) is 0 Å². The number of ketones is 1. The van der Waals surface area contributed by atoms with Crippen molar-refractivity contribution in [1.29, 1.82) is 0 Å². The minimum Gasteiger partial charge on any atom is -0.481 e. The quantitative estimate of drug-likeness (QED) is 0.329. The fourth-order valence-corrected chi connectivity index (χ4v) is 11.6. The predicted molar refractivity (Wildman–Crippen MR) is 170 cm³/mol. The number of fused-ring (bicyclic) bond motifs is 7. The number of ether oxygens (including phenoxy) is 1. The number of carboxylic acids is 2. The molecule has 7 nitrogen and oxygen atoms in total. The molecule has 45 heavy (non-hydrogen) atoms. The van der Waals surface area contributed by atoms with Gasteiger partial charge in [-0.15, -0.1) is 0 Å². The topological polar surface area (TPSA) is 118 Å². The first kappa shape index (κ1) is 32.0. The second kappa shape index (κ2) is 10.0. The molecule has 1 unspecified atom stereocenters. The maximum absolute atomic E-state index is 14.6. The predicted octanol–water partition coefficient (Wildman–Crippen LogP) is 7.98. The highest BCUT2D eigenvalue weighted by molar-refractivity contribution is 6.02. The summed E-state index contributed by atoms with van der Waals surface area (Å²) in [4.78, 5) is 52.1. The van der Waals surface area contributed by atoms with Crippen LogP contribution in [-0.4, -0.2) is 40.0 Å². The fourth-order valence-electron chi connectivity index (χ4n) is 11.6. The lowest BCUT2D eigenvalue weighted by molar-refractivity contribution is -0.202. The van der Waals surface area contributed by atoms with Crippen LogP contribution in [0.3, 0.4) is 0 Å². The molecule has 5 aliphatic rings. The van der Waals surface area contributed by atoms with E-state index in [2.05, 4.69) is 41.5 Å².